The Morgan fingerprint density at radius 1 is 0.971 bits per heavy atom. The second-order valence-corrected chi connectivity index (χ2v) is 22.5. The summed E-state index contributed by atoms with van der Waals surface area (Å²) in [6.45, 7) is 16.5. The van der Waals surface area contributed by atoms with Crippen molar-refractivity contribution in [1.29, 1.82) is 0 Å². The molecule has 4 aliphatic rings. The van der Waals surface area contributed by atoms with Crippen LogP contribution >= 0.6 is 0 Å². The number of nitrogens with one attached hydrogen (secondary N) is 3. The summed E-state index contributed by atoms with van der Waals surface area (Å²) in [6.07, 6.45) is 12.0. The van der Waals surface area contributed by atoms with Gasteiger partial charge in [0, 0.05) is 86.9 Å². The molecule has 2 aromatic carbocycles. The molecule has 15 nitrogen and oxygen atoms in total. The molecule has 0 bridgehead atoms. The monoisotopic (exact) mass is 947 g/mol. The number of benzene rings is 2. The SMILES string of the molecule is CC(C)c1ccccc1[C@@H]1CN(C(C)C)CCN1C1CC2(CCN(c3ccc(C(=O)NS(=O)(=O)c4cnc(NCC5CCC(C)(O)CC5)c(N(C)[O-])c4)c(Oc4cnc5[nH]ccc5c4)c3)CC2)C1. The minimum atomic E-state index is -4.50. The van der Waals surface area contributed by atoms with Crippen LogP contribution in [-0.2, 0) is 10.0 Å². The van der Waals surface area contributed by atoms with Gasteiger partial charge in [-0.3, -0.25) is 14.6 Å². The van der Waals surface area contributed by atoms with Crippen molar-refractivity contribution < 1.29 is 23.1 Å². The molecule has 2 saturated heterocycles. The summed E-state index contributed by atoms with van der Waals surface area (Å²) >= 11 is 0. The number of piperidine rings is 1. The van der Waals surface area contributed by atoms with E-state index in [0.29, 0.717) is 59.9 Å². The molecule has 2 aliphatic carbocycles. The second kappa shape index (κ2) is 19.3. The molecule has 5 heterocycles. The first kappa shape index (κ1) is 47.8. The van der Waals surface area contributed by atoms with Crippen LogP contribution < -0.4 is 24.7 Å². The maximum atomic E-state index is 14.1. The number of carbonyl (C=O) groups excluding carboxylic acids is 1. The van der Waals surface area contributed by atoms with Crippen LogP contribution in [-0.4, -0.2) is 108 Å². The van der Waals surface area contributed by atoms with E-state index in [1.807, 2.05) is 31.2 Å². The van der Waals surface area contributed by atoms with Crippen LogP contribution in [0.3, 0.4) is 0 Å². The lowest BCUT2D eigenvalue weighted by atomic mass is 9.59. The van der Waals surface area contributed by atoms with Crippen molar-refractivity contribution in [2.45, 2.75) is 121 Å². The number of aromatic amines is 1. The van der Waals surface area contributed by atoms with Crippen molar-refractivity contribution in [2.24, 2.45) is 11.3 Å². The third-order valence-electron chi connectivity index (χ3n) is 15.4. The zero-order chi connectivity index (χ0) is 48.0. The van der Waals surface area contributed by atoms with Crippen molar-refractivity contribution >= 4 is 44.2 Å². The first-order chi connectivity index (χ1) is 32.5. The summed E-state index contributed by atoms with van der Waals surface area (Å²) < 4.78 is 36.3. The molecule has 16 heteroatoms. The Labute approximate surface area is 401 Å². The van der Waals surface area contributed by atoms with Gasteiger partial charge in [0.2, 0.25) is 0 Å². The summed E-state index contributed by atoms with van der Waals surface area (Å²) in [5, 5.41) is 27.6. The van der Waals surface area contributed by atoms with E-state index < -0.39 is 21.5 Å². The number of anilines is 3. The number of aliphatic hydroxyl groups is 1. The fraction of sp³-hybridized carbons (Fsp3) is 0.519. The van der Waals surface area contributed by atoms with Crippen molar-refractivity contribution in [1.82, 2.24) is 29.5 Å². The number of aromatic nitrogens is 3. The summed E-state index contributed by atoms with van der Waals surface area (Å²) in [7, 11) is -3.23. The lowest BCUT2D eigenvalue weighted by Gasteiger charge is -2.58. The van der Waals surface area contributed by atoms with Crippen molar-refractivity contribution in [3.63, 3.8) is 0 Å². The number of piperazine rings is 1. The highest BCUT2D eigenvalue weighted by molar-refractivity contribution is 7.90. The topological polar surface area (TPSA) is 182 Å². The first-order valence-electron chi connectivity index (χ1n) is 24.5. The summed E-state index contributed by atoms with van der Waals surface area (Å²) in [6, 6.07) is 20.7. The zero-order valence-electron chi connectivity index (χ0n) is 40.4. The van der Waals surface area contributed by atoms with Crippen LogP contribution in [0.2, 0.25) is 0 Å². The number of hydroxylamine groups is 1. The maximum absolute atomic E-state index is 14.1. The Hall–Kier alpha value is -5.26. The van der Waals surface area contributed by atoms with Crippen LogP contribution in [0.4, 0.5) is 17.2 Å². The van der Waals surface area contributed by atoms with E-state index >= 15 is 0 Å². The Bertz CT molecular complexity index is 2700. The van der Waals surface area contributed by atoms with Gasteiger partial charge in [-0.1, -0.05) is 38.1 Å². The molecule has 68 heavy (non-hydrogen) atoms. The lowest BCUT2D eigenvalue weighted by Crippen LogP contribution is -2.60. The first-order valence-corrected chi connectivity index (χ1v) is 26.0. The van der Waals surface area contributed by atoms with Crippen LogP contribution in [0.5, 0.6) is 11.5 Å². The normalized spacial score (nSPS) is 22.7. The fourth-order valence-electron chi connectivity index (χ4n) is 11.2. The average molecular weight is 947 g/mol. The van der Waals surface area contributed by atoms with Crippen LogP contribution in [0.1, 0.15) is 119 Å². The van der Waals surface area contributed by atoms with Gasteiger partial charge in [-0.25, -0.2) is 23.1 Å². The number of sulfonamides is 1. The van der Waals surface area contributed by atoms with Crippen LogP contribution in [0.15, 0.2) is 84.1 Å². The Morgan fingerprint density at radius 3 is 2.44 bits per heavy atom. The number of pyridine rings is 2. The number of hydrogen-bond acceptors (Lipinski definition) is 13. The highest BCUT2D eigenvalue weighted by Gasteiger charge is 2.50. The molecule has 1 amide bonds. The summed E-state index contributed by atoms with van der Waals surface area (Å²) in [5.74, 6) is 0.653. The van der Waals surface area contributed by atoms with Gasteiger partial charge in [0.15, 0.2) is 0 Å². The maximum Gasteiger partial charge on any atom is 0.268 e. The smallest absolute Gasteiger partial charge is 0.268 e. The molecule has 364 valence electrons. The second-order valence-electron chi connectivity index (χ2n) is 20.8. The predicted molar refractivity (Wildman–Crippen MR) is 268 cm³/mol. The fourth-order valence-corrected chi connectivity index (χ4v) is 12.1. The van der Waals surface area contributed by atoms with Crippen LogP contribution in [0, 0.1) is 16.5 Å². The molecule has 1 atom stereocenters. The summed E-state index contributed by atoms with van der Waals surface area (Å²) in [5.41, 5.74) is 4.14. The minimum Gasteiger partial charge on any atom is -0.758 e. The number of nitrogens with zero attached hydrogens (tertiary/aromatic N) is 6. The van der Waals surface area contributed by atoms with E-state index in [0.717, 1.165) is 75.7 Å². The molecule has 3 aromatic heterocycles. The minimum absolute atomic E-state index is 0.0194. The molecule has 1 spiro atoms. The van der Waals surface area contributed by atoms with E-state index in [1.54, 1.807) is 18.5 Å². The van der Waals surface area contributed by atoms with E-state index in [-0.39, 0.29) is 39.0 Å². The van der Waals surface area contributed by atoms with Gasteiger partial charge < -0.3 is 35.3 Å². The van der Waals surface area contributed by atoms with Gasteiger partial charge in [0.1, 0.15) is 27.9 Å². The van der Waals surface area contributed by atoms with E-state index in [4.69, 9.17) is 4.74 Å². The lowest BCUT2D eigenvalue weighted by molar-refractivity contribution is -0.0656. The molecule has 2 saturated carbocycles. The molecule has 4 fully saturated rings. The quantitative estimate of drug-likeness (QED) is 0.0776. The highest BCUT2D eigenvalue weighted by Crippen LogP contribution is 2.53. The van der Waals surface area contributed by atoms with Crippen LogP contribution in [0.25, 0.3) is 11.0 Å². The van der Waals surface area contributed by atoms with Gasteiger partial charge in [-0.05, 0) is 138 Å². The van der Waals surface area contributed by atoms with Gasteiger partial charge in [0.25, 0.3) is 15.9 Å². The van der Waals surface area contributed by atoms with Crippen molar-refractivity contribution in [2.75, 3.05) is 61.6 Å². The van der Waals surface area contributed by atoms with E-state index in [1.165, 1.54) is 37.1 Å². The predicted octanol–water partition coefficient (Wildman–Crippen LogP) is 8.80. The molecule has 2 aliphatic heterocycles. The van der Waals surface area contributed by atoms with Gasteiger partial charge in [-0.15, -0.1) is 0 Å². The molecule has 0 radical (unpaired) electrons. The molecular weight excluding hydrogens is 879 g/mol. The molecule has 9 rings (SSSR count). The number of ether oxygens (including phenoxy) is 1. The molecule has 4 N–H and O–H groups in total. The number of amides is 1. The molecule has 0 unspecified atom stereocenters. The Morgan fingerprint density at radius 2 is 1.72 bits per heavy atom. The number of rotatable bonds is 14. The number of carbonyl (C=O) groups is 1. The number of hydrogen-bond donors (Lipinski definition) is 4. The van der Waals surface area contributed by atoms with E-state index in [9.17, 15) is 23.5 Å². The third kappa shape index (κ3) is 10.2. The van der Waals surface area contributed by atoms with Gasteiger partial charge in [-0.2, -0.15) is 0 Å². The van der Waals surface area contributed by atoms with Crippen molar-refractivity contribution in [3.8, 4) is 11.5 Å². The van der Waals surface area contributed by atoms with E-state index in [2.05, 4.69) is 91.7 Å². The standard InChI is InChI=1S/C52H68N9O6S/c1-34(2)42-9-7-8-10-43(42)46-33-60(35(3)4)23-24-61(46)39-28-52(29-39)18-21-59(22-19-52)38-11-12-44(47(26-38)67-40-25-37-15-20-53-48(37)55-31-40)50(62)57-68(65,66)41-27-45(58(6)64)49(56-32-41)54-30-36-13-16-51(5,63)17-14-36/h7-12,15,20,25-27,31-32,34-36,39,46,63H,13-14,16-19,21-24,28-30,33H2,1-6H3,(H,53,55)(H,54,56)(H,57,62)/q-1/t36?,46-,51?/m0/s1. The molecular formula is C52H68N9O6S-. The van der Waals surface area contributed by atoms with Gasteiger partial charge >= 0.3 is 0 Å². The largest absolute Gasteiger partial charge is 0.758 e. The highest BCUT2D eigenvalue weighted by atomic mass is 32.2. The average Bonchev–Trinajstić information content (AvgIpc) is 3.78. The zero-order valence-corrected chi connectivity index (χ0v) is 41.2. The van der Waals surface area contributed by atoms with Crippen molar-refractivity contribution in [3.05, 3.63) is 101 Å². The Kier molecular flexibility index (Phi) is 13.5. The summed E-state index contributed by atoms with van der Waals surface area (Å²) in [4.78, 5) is 33.4. The van der Waals surface area contributed by atoms with Gasteiger partial charge in [0.05, 0.1) is 23.0 Å². The Balaban J connectivity index is 0.899. The number of H-pyrrole nitrogens is 1. The third-order valence-corrected chi connectivity index (χ3v) is 16.7. The number of fused-ring (bicyclic) bond motifs is 1. The molecule has 5 aromatic rings.